The quantitative estimate of drug-likeness (QED) is 0.494. The third-order valence-electron chi connectivity index (χ3n) is 1.17. The van der Waals surface area contributed by atoms with E-state index in [0.717, 1.165) is 12.8 Å². The minimum Gasteiger partial charge on any atom is -0.0811 e. The van der Waals surface area contributed by atoms with Crippen LogP contribution < -0.4 is 0 Å². The first-order valence-corrected chi connectivity index (χ1v) is 3.76. The van der Waals surface area contributed by atoms with Crippen molar-refractivity contribution in [2.75, 3.05) is 0 Å². The van der Waals surface area contributed by atoms with Crippen LogP contribution in [0.25, 0.3) is 0 Å². The fourth-order valence-corrected chi connectivity index (χ4v) is 0.612. The molecule has 0 unspecified atom stereocenters. The van der Waals surface area contributed by atoms with Gasteiger partial charge in [-0.1, -0.05) is 32.8 Å². The Morgan fingerprint density at radius 1 is 1.56 bits per heavy atom. The van der Waals surface area contributed by atoms with Gasteiger partial charge in [0.1, 0.15) is 0 Å². The van der Waals surface area contributed by atoms with E-state index in [1.807, 2.05) is 0 Å². The molecule has 0 spiro atoms. The summed E-state index contributed by atoms with van der Waals surface area (Å²) >= 11 is 0. The van der Waals surface area contributed by atoms with Crippen molar-refractivity contribution in [1.82, 2.24) is 0 Å². The molecule has 0 atom stereocenters. The number of hydrogen-bond donors (Lipinski definition) is 0. The van der Waals surface area contributed by atoms with Crippen LogP contribution in [0.3, 0.4) is 0 Å². The molecule has 0 bridgehead atoms. The zero-order valence-corrected chi connectivity index (χ0v) is 6.32. The molecule has 2 radical (unpaired) electrons. The molecule has 0 heteroatoms. The maximum Gasteiger partial charge on any atom is -0.0279 e. The van der Waals surface area contributed by atoms with Crippen LogP contribution in [0.15, 0.2) is 6.08 Å². The molecule has 0 aliphatic heterocycles. The molecule has 0 rings (SSSR count). The van der Waals surface area contributed by atoms with Crippen LogP contribution in [0, 0.1) is 13.0 Å². The SMILES string of the molecule is [CH2]CC[C]=CCCCC. The topological polar surface area (TPSA) is 0 Å². The van der Waals surface area contributed by atoms with Crippen LogP contribution in [0.4, 0.5) is 0 Å². The summed E-state index contributed by atoms with van der Waals surface area (Å²) in [7, 11) is 0. The molecule has 0 saturated heterocycles. The van der Waals surface area contributed by atoms with E-state index in [1.54, 1.807) is 0 Å². The Bertz CT molecular complexity index is 62.4. The van der Waals surface area contributed by atoms with Gasteiger partial charge in [-0.25, -0.2) is 0 Å². The first-order chi connectivity index (χ1) is 4.41. The van der Waals surface area contributed by atoms with Crippen molar-refractivity contribution in [1.29, 1.82) is 0 Å². The van der Waals surface area contributed by atoms with Gasteiger partial charge in [0.25, 0.3) is 0 Å². The highest BCUT2D eigenvalue weighted by molar-refractivity contribution is 4.73. The maximum atomic E-state index is 3.72. The normalized spacial score (nSPS) is 10.9. The number of allylic oxidation sites excluding steroid dienone is 2. The standard InChI is InChI=1S/C9H16/c1-3-5-7-9-8-6-4-2/h9H,1,3-6,8H2,2H3. The summed E-state index contributed by atoms with van der Waals surface area (Å²) in [5.41, 5.74) is 0. The van der Waals surface area contributed by atoms with Crippen molar-refractivity contribution < 1.29 is 0 Å². The Morgan fingerprint density at radius 3 is 2.89 bits per heavy atom. The molecule has 0 amide bonds. The highest BCUT2D eigenvalue weighted by Crippen LogP contribution is 1.95. The van der Waals surface area contributed by atoms with Crippen molar-refractivity contribution in [2.24, 2.45) is 0 Å². The Balaban J connectivity index is 2.86. The summed E-state index contributed by atoms with van der Waals surface area (Å²) in [5, 5.41) is 0. The predicted molar refractivity (Wildman–Crippen MR) is 41.9 cm³/mol. The minimum absolute atomic E-state index is 0.975. The van der Waals surface area contributed by atoms with Crippen LogP contribution in [0.5, 0.6) is 0 Å². The third-order valence-corrected chi connectivity index (χ3v) is 1.17. The van der Waals surface area contributed by atoms with E-state index in [0.29, 0.717) is 0 Å². The monoisotopic (exact) mass is 124 g/mol. The van der Waals surface area contributed by atoms with Crippen LogP contribution >= 0.6 is 0 Å². The third kappa shape index (κ3) is 7.74. The van der Waals surface area contributed by atoms with E-state index in [4.69, 9.17) is 0 Å². The summed E-state index contributed by atoms with van der Waals surface area (Å²) in [6, 6.07) is 0. The molecule has 0 saturated carbocycles. The molecule has 0 aromatic carbocycles. The molecule has 0 aliphatic rings. The van der Waals surface area contributed by atoms with Crippen LogP contribution in [-0.4, -0.2) is 0 Å². The molecule has 0 fully saturated rings. The van der Waals surface area contributed by atoms with Gasteiger partial charge in [-0.2, -0.15) is 0 Å². The molecule has 0 aromatic rings. The Labute approximate surface area is 59.0 Å². The zero-order chi connectivity index (χ0) is 6.95. The fourth-order valence-electron chi connectivity index (χ4n) is 0.612. The number of unbranched alkanes of at least 4 members (excludes halogenated alkanes) is 3. The van der Waals surface area contributed by atoms with Gasteiger partial charge in [-0.15, -0.1) is 0 Å². The van der Waals surface area contributed by atoms with Gasteiger partial charge in [0.15, 0.2) is 0 Å². The number of rotatable bonds is 5. The largest absolute Gasteiger partial charge is 0.0811 e. The molecule has 52 valence electrons. The van der Waals surface area contributed by atoms with E-state index in [2.05, 4.69) is 26.0 Å². The minimum atomic E-state index is 0.975. The maximum absolute atomic E-state index is 3.72. The second-order valence-electron chi connectivity index (χ2n) is 2.15. The van der Waals surface area contributed by atoms with Crippen molar-refractivity contribution in [3.63, 3.8) is 0 Å². The molecule has 0 N–H and O–H groups in total. The lowest BCUT2D eigenvalue weighted by Crippen LogP contribution is -1.67. The zero-order valence-electron chi connectivity index (χ0n) is 6.32. The Morgan fingerprint density at radius 2 is 2.33 bits per heavy atom. The molecule has 0 aromatic heterocycles. The average Bonchev–Trinajstić information content (AvgIpc) is 1.89. The van der Waals surface area contributed by atoms with E-state index in [1.165, 1.54) is 19.3 Å². The summed E-state index contributed by atoms with van der Waals surface area (Å²) < 4.78 is 0. The Kier molecular flexibility index (Phi) is 7.52. The van der Waals surface area contributed by atoms with Gasteiger partial charge >= 0.3 is 0 Å². The lowest BCUT2D eigenvalue weighted by molar-refractivity contribution is 0.809. The molecule has 9 heavy (non-hydrogen) atoms. The molecule has 0 heterocycles. The second-order valence-corrected chi connectivity index (χ2v) is 2.15. The van der Waals surface area contributed by atoms with Crippen LogP contribution in [0.1, 0.15) is 39.0 Å². The summed E-state index contributed by atoms with van der Waals surface area (Å²) in [6.45, 7) is 5.92. The predicted octanol–water partition coefficient (Wildman–Crippen LogP) is 3.15. The molecule has 0 aliphatic carbocycles. The van der Waals surface area contributed by atoms with Crippen molar-refractivity contribution in [2.45, 2.75) is 39.0 Å². The van der Waals surface area contributed by atoms with E-state index in [9.17, 15) is 0 Å². The smallest absolute Gasteiger partial charge is 0.0279 e. The molecular formula is C9H16. The molecular weight excluding hydrogens is 108 g/mol. The highest BCUT2D eigenvalue weighted by atomic mass is 13.8. The van der Waals surface area contributed by atoms with Crippen molar-refractivity contribution >= 4 is 0 Å². The van der Waals surface area contributed by atoms with Crippen LogP contribution in [-0.2, 0) is 0 Å². The van der Waals surface area contributed by atoms with Gasteiger partial charge in [-0.05, 0) is 25.3 Å². The van der Waals surface area contributed by atoms with Gasteiger partial charge in [0, 0.05) is 0 Å². The van der Waals surface area contributed by atoms with Crippen LogP contribution in [0.2, 0.25) is 0 Å². The van der Waals surface area contributed by atoms with E-state index in [-0.39, 0.29) is 0 Å². The fraction of sp³-hybridized carbons (Fsp3) is 0.667. The lowest BCUT2D eigenvalue weighted by Gasteiger charge is -1.86. The van der Waals surface area contributed by atoms with Gasteiger partial charge < -0.3 is 0 Å². The van der Waals surface area contributed by atoms with Gasteiger partial charge in [-0.3, -0.25) is 0 Å². The first kappa shape index (κ1) is 8.74. The second kappa shape index (κ2) is 7.74. The van der Waals surface area contributed by atoms with Crippen molar-refractivity contribution in [3.05, 3.63) is 19.1 Å². The van der Waals surface area contributed by atoms with Crippen molar-refractivity contribution in [3.8, 4) is 0 Å². The first-order valence-electron chi connectivity index (χ1n) is 3.76. The van der Waals surface area contributed by atoms with E-state index >= 15 is 0 Å². The van der Waals surface area contributed by atoms with Gasteiger partial charge in [0.2, 0.25) is 0 Å². The summed E-state index contributed by atoms with van der Waals surface area (Å²) in [6.07, 6.45) is 11.1. The average molecular weight is 124 g/mol. The summed E-state index contributed by atoms with van der Waals surface area (Å²) in [4.78, 5) is 0. The lowest BCUT2D eigenvalue weighted by atomic mass is 10.2. The van der Waals surface area contributed by atoms with Gasteiger partial charge in [0.05, 0.1) is 0 Å². The van der Waals surface area contributed by atoms with E-state index < -0.39 is 0 Å². The Hall–Kier alpha value is -0.260. The highest BCUT2D eigenvalue weighted by Gasteiger charge is 1.77. The number of hydrogen-bond acceptors (Lipinski definition) is 0. The summed E-state index contributed by atoms with van der Waals surface area (Å²) in [5.74, 6) is 0. The molecule has 0 nitrogen and oxygen atoms in total.